The van der Waals surface area contributed by atoms with Crippen LogP contribution in [0, 0.1) is 10.1 Å². The Morgan fingerprint density at radius 1 is 1.28 bits per heavy atom. The van der Waals surface area contributed by atoms with Gasteiger partial charge in [0, 0.05) is 16.8 Å². The van der Waals surface area contributed by atoms with Gasteiger partial charge in [-0.2, -0.15) is 0 Å². The molecule has 4 aromatic rings. The van der Waals surface area contributed by atoms with Gasteiger partial charge in [-0.15, -0.1) is 11.3 Å². The molecule has 29 heavy (non-hydrogen) atoms. The summed E-state index contributed by atoms with van der Waals surface area (Å²) in [4.78, 5) is 27.4. The minimum Gasteiger partial charge on any atom is -0.490 e. The number of para-hydroxylation sites is 2. The summed E-state index contributed by atoms with van der Waals surface area (Å²) in [5, 5.41) is 16.7. The van der Waals surface area contributed by atoms with Crippen molar-refractivity contribution in [2.75, 3.05) is 11.9 Å². The van der Waals surface area contributed by atoms with E-state index < -0.39 is 10.8 Å². The average molecular weight is 409 g/mol. The minimum absolute atomic E-state index is 0.0284. The van der Waals surface area contributed by atoms with Gasteiger partial charge < -0.3 is 9.15 Å². The lowest BCUT2D eigenvalue weighted by Gasteiger charge is -2.02. The number of anilines is 1. The average Bonchev–Trinajstić information content (AvgIpc) is 3.35. The number of nitro benzene ring substituents is 1. The number of nitrogens with zero attached hydrogens (tertiary/aromatic N) is 2. The summed E-state index contributed by atoms with van der Waals surface area (Å²) in [6.07, 6.45) is 0. The molecular weight excluding hydrogens is 394 g/mol. The number of furan rings is 1. The number of amides is 1. The number of thiazole rings is 1. The Morgan fingerprint density at radius 2 is 2.10 bits per heavy atom. The maximum Gasteiger partial charge on any atom is 0.282 e. The molecule has 9 heteroatoms. The molecule has 146 valence electrons. The van der Waals surface area contributed by atoms with Crippen molar-refractivity contribution in [2.24, 2.45) is 0 Å². The molecule has 0 aliphatic rings. The summed E-state index contributed by atoms with van der Waals surface area (Å²) < 4.78 is 11.5. The zero-order chi connectivity index (χ0) is 20.4. The summed E-state index contributed by atoms with van der Waals surface area (Å²) in [6.45, 7) is 2.42. The number of hydrogen-bond acceptors (Lipinski definition) is 7. The van der Waals surface area contributed by atoms with Crippen LogP contribution in [0.4, 0.5) is 10.8 Å². The van der Waals surface area contributed by atoms with E-state index in [0.717, 1.165) is 5.39 Å². The highest BCUT2D eigenvalue weighted by molar-refractivity contribution is 7.14. The van der Waals surface area contributed by atoms with Crippen LogP contribution in [0.25, 0.3) is 22.4 Å². The third-order valence-electron chi connectivity index (χ3n) is 4.13. The van der Waals surface area contributed by atoms with Crippen molar-refractivity contribution in [2.45, 2.75) is 6.92 Å². The number of carbonyl (C=O) groups is 1. The topological polar surface area (TPSA) is 108 Å². The zero-order valence-electron chi connectivity index (χ0n) is 15.2. The van der Waals surface area contributed by atoms with Crippen LogP contribution in [0.3, 0.4) is 0 Å². The number of benzene rings is 2. The van der Waals surface area contributed by atoms with Crippen molar-refractivity contribution >= 4 is 39.0 Å². The molecule has 2 aromatic heterocycles. The van der Waals surface area contributed by atoms with E-state index in [1.54, 1.807) is 11.4 Å². The number of aromatic nitrogens is 1. The quantitative estimate of drug-likeness (QED) is 0.350. The standard InChI is InChI=1S/C20H15N3O5S/c1-2-27-16-9-5-6-12-10-17(28-18(12)16)14-11-29-20(21-14)22-19(24)13-7-3-4-8-15(13)23(25)26/h3-11H,2H2,1H3,(H,21,22,24). The van der Waals surface area contributed by atoms with Gasteiger partial charge in [0.25, 0.3) is 11.6 Å². The molecule has 0 fully saturated rings. The van der Waals surface area contributed by atoms with Crippen LogP contribution < -0.4 is 10.1 Å². The number of ether oxygens (including phenoxy) is 1. The van der Waals surface area contributed by atoms with E-state index in [9.17, 15) is 14.9 Å². The van der Waals surface area contributed by atoms with E-state index in [1.165, 1.54) is 29.5 Å². The molecule has 2 heterocycles. The van der Waals surface area contributed by atoms with Gasteiger partial charge in [-0.05, 0) is 25.1 Å². The Balaban J connectivity index is 1.59. The van der Waals surface area contributed by atoms with E-state index in [4.69, 9.17) is 9.15 Å². The number of carbonyl (C=O) groups excluding carboxylic acids is 1. The number of nitro groups is 1. The minimum atomic E-state index is -0.596. The van der Waals surface area contributed by atoms with Crippen LogP contribution in [-0.2, 0) is 0 Å². The predicted octanol–water partition coefficient (Wildman–Crippen LogP) is 5.12. The maximum absolute atomic E-state index is 12.5. The van der Waals surface area contributed by atoms with Crippen molar-refractivity contribution in [1.29, 1.82) is 0 Å². The molecule has 0 bridgehead atoms. The van der Waals surface area contributed by atoms with Gasteiger partial charge in [0.15, 0.2) is 22.2 Å². The second-order valence-corrected chi connectivity index (χ2v) is 6.84. The Hall–Kier alpha value is -3.72. The first-order chi connectivity index (χ1) is 14.1. The molecule has 8 nitrogen and oxygen atoms in total. The fourth-order valence-corrected chi connectivity index (χ4v) is 3.56. The first-order valence-electron chi connectivity index (χ1n) is 8.73. The van der Waals surface area contributed by atoms with Crippen LogP contribution in [0.2, 0.25) is 0 Å². The molecule has 0 saturated heterocycles. The molecule has 0 unspecified atom stereocenters. The normalized spacial score (nSPS) is 10.8. The number of nitrogens with one attached hydrogen (secondary N) is 1. The first-order valence-corrected chi connectivity index (χ1v) is 9.61. The second-order valence-electron chi connectivity index (χ2n) is 5.98. The molecule has 0 radical (unpaired) electrons. The summed E-state index contributed by atoms with van der Waals surface area (Å²) in [6, 6.07) is 13.2. The van der Waals surface area contributed by atoms with E-state index in [2.05, 4.69) is 10.3 Å². The predicted molar refractivity (Wildman–Crippen MR) is 110 cm³/mol. The van der Waals surface area contributed by atoms with Gasteiger partial charge in [-0.1, -0.05) is 24.3 Å². The van der Waals surface area contributed by atoms with Gasteiger partial charge in [-0.3, -0.25) is 20.2 Å². The third-order valence-corrected chi connectivity index (χ3v) is 4.89. The largest absolute Gasteiger partial charge is 0.490 e. The van der Waals surface area contributed by atoms with Gasteiger partial charge in [-0.25, -0.2) is 4.98 Å². The van der Waals surface area contributed by atoms with Crippen molar-refractivity contribution in [3.63, 3.8) is 0 Å². The fourth-order valence-electron chi connectivity index (χ4n) is 2.87. The van der Waals surface area contributed by atoms with Crippen molar-refractivity contribution < 1.29 is 18.9 Å². The molecule has 0 atom stereocenters. The summed E-state index contributed by atoms with van der Waals surface area (Å²) >= 11 is 1.20. The lowest BCUT2D eigenvalue weighted by molar-refractivity contribution is -0.385. The SMILES string of the molecule is CCOc1cccc2cc(-c3csc(NC(=O)c4ccccc4[N+](=O)[O-])n3)oc12. The molecule has 0 aliphatic carbocycles. The van der Waals surface area contributed by atoms with Gasteiger partial charge in [0.2, 0.25) is 0 Å². The highest BCUT2D eigenvalue weighted by Gasteiger charge is 2.20. The number of rotatable bonds is 6. The molecule has 1 amide bonds. The van der Waals surface area contributed by atoms with Crippen LogP contribution >= 0.6 is 11.3 Å². The zero-order valence-corrected chi connectivity index (χ0v) is 16.1. The Bertz CT molecular complexity index is 1210. The lowest BCUT2D eigenvalue weighted by atomic mass is 10.1. The van der Waals surface area contributed by atoms with E-state index >= 15 is 0 Å². The lowest BCUT2D eigenvalue weighted by Crippen LogP contribution is -2.13. The molecule has 4 rings (SSSR count). The summed E-state index contributed by atoms with van der Waals surface area (Å²) in [7, 11) is 0. The summed E-state index contributed by atoms with van der Waals surface area (Å²) in [5.41, 5.74) is 0.885. The van der Waals surface area contributed by atoms with Crippen LogP contribution in [0.5, 0.6) is 5.75 Å². The van der Waals surface area contributed by atoms with E-state index in [1.807, 2.05) is 31.2 Å². The molecule has 1 N–H and O–H groups in total. The molecule has 0 aliphatic heterocycles. The molecule has 0 saturated carbocycles. The molecular formula is C20H15N3O5S. The van der Waals surface area contributed by atoms with Crippen molar-refractivity contribution in [1.82, 2.24) is 4.98 Å². The molecule has 2 aromatic carbocycles. The van der Waals surface area contributed by atoms with Gasteiger partial charge in [0.05, 0.1) is 11.5 Å². The van der Waals surface area contributed by atoms with Crippen molar-refractivity contribution in [3.05, 3.63) is 69.6 Å². The first kappa shape index (κ1) is 18.6. The molecule has 0 spiro atoms. The van der Waals surface area contributed by atoms with Gasteiger partial charge in [0.1, 0.15) is 11.3 Å². The van der Waals surface area contributed by atoms with Crippen LogP contribution in [0.1, 0.15) is 17.3 Å². The highest BCUT2D eigenvalue weighted by Crippen LogP contribution is 2.34. The summed E-state index contributed by atoms with van der Waals surface area (Å²) in [5.74, 6) is 0.590. The fraction of sp³-hybridized carbons (Fsp3) is 0.100. The Labute approximate surface area is 168 Å². The maximum atomic E-state index is 12.5. The Kier molecular flexibility index (Phi) is 4.96. The van der Waals surface area contributed by atoms with Crippen LogP contribution in [-0.4, -0.2) is 22.4 Å². The smallest absolute Gasteiger partial charge is 0.282 e. The third kappa shape index (κ3) is 3.67. The number of hydrogen-bond donors (Lipinski definition) is 1. The monoisotopic (exact) mass is 409 g/mol. The highest BCUT2D eigenvalue weighted by atomic mass is 32.1. The van der Waals surface area contributed by atoms with Crippen molar-refractivity contribution in [3.8, 4) is 17.2 Å². The Morgan fingerprint density at radius 3 is 2.90 bits per heavy atom. The van der Waals surface area contributed by atoms with E-state index in [-0.39, 0.29) is 11.3 Å². The van der Waals surface area contributed by atoms with Crippen LogP contribution in [0.15, 0.2) is 58.3 Å². The van der Waals surface area contributed by atoms with E-state index in [0.29, 0.717) is 34.5 Å². The number of fused-ring (bicyclic) bond motifs is 1. The second kappa shape index (κ2) is 7.72. The van der Waals surface area contributed by atoms with Gasteiger partial charge >= 0.3 is 0 Å².